The van der Waals surface area contributed by atoms with E-state index in [0.29, 0.717) is 12.6 Å². The Bertz CT molecular complexity index is 520. The maximum absolute atomic E-state index is 12.1. The van der Waals surface area contributed by atoms with E-state index in [4.69, 9.17) is 0 Å². The summed E-state index contributed by atoms with van der Waals surface area (Å²) < 4.78 is 0. The average molecular weight is 299 g/mol. The van der Waals surface area contributed by atoms with Crippen molar-refractivity contribution in [1.82, 2.24) is 15.2 Å². The first-order valence-electron chi connectivity index (χ1n) is 8.43. The lowest BCUT2D eigenvalue weighted by molar-refractivity contribution is -0.123. The molecule has 1 fully saturated rings. The Morgan fingerprint density at radius 1 is 1.27 bits per heavy atom. The van der Waals surface area contributed by atoms with Gasteiger partial charge < -0.3 is 5.32 Å². The molecule has 2 aliphatic rings. The number of amides is 1. The molecule has 0 bridgehead atoms. The van der Waals surface area contributed by atoms with Crippen molar-refractivity contribution >= 4 is 11.5 Å². The molecule has 0 spiro atoms. The second kappa shape index (κ2) is 7.54. The molecule has 118 valence electrons. The summed E-state index contributed by atoms with van der Waals surface area (Å²) in [4.78, 5) is 18.8. The average Bonchev–Trinajstić information content (AvgIpc) is 2.57. The van der Waals surface area contributed by atoms with Gasteiger partial charge in [-0.05, 0) is 37.0 Å². The summed E-state index contributed by atoms with van der Waals surface area (Å²) in [5.41, 5.74) is 2.36. The zero-order valence-electron chi connectivity index (χ0n) is 13.1. The monoisotopic (exact) mass is 299 g/mol. The van der Waals surface area contributed by atoms with E-state index < -0.39 is 0 Å². The van der Waals surface area contributed by atoms with Crippen molar-refractivity contribution < 1.29 is 4.79 Å². The number of carbonyl (C=O) groups is 1. The zero-order chi connectivity index (χ0) is 15.2. The van der Waals surface area contributed by atoms with Gasteiger partial charge in [0.25, 0.3) is 0 Å². The normalized spacial score (nSPS) is 20.5. The highest BCUT2D eigenvalue weighted by Crippen LogP contribution is 2.20. The minimum atomic E-state index is 0.182. The topological polar surface area (TPSA) is 45.2 Å². The summed E-state index contributed by atoms with van der Waals surface area (Å²) in [6.45, 7) is 2.28. The van der Waals surface area contributed by atoms with Crippen LogP contribution >= 0.6 is 0 Å². The Labute approximate surface area is 132 Å². The van der Waals surface area contributed by atoms with Crippen molar-refractivity contribution in [3.63, 3.8) is 0 Å². The van der Waals surface area contributed by atoms with Crippen LogP contribution in [0.15, 0.2) is 30.5 Å². The minimum absolute atomic E-state index is 0.182. The summed E-state index contributed by atoms with van der Waals surface area (Å²) in [5.74, 6) is 0.182. The number of nitrogens with zero attached hydrogens (tertiary/aromatic N) is 2. The van der Waals surface area contributed by atoms with Gasteiger partial charge in [-0.25, -0.2) is 0 Å². The molecular formula is C18H25N3O. The van der Waals surface area contributed by atoms with Crippen molar-refractivity contribution in [2.75, 3.05) is 19.6 Å². The number of pyridine rings is 1. The van der Waals surface area contributed by atoms with Crippen molar-refractivity contribution in [2.24, 2.45) is 0 Å². The Hall–Kier alpha value is -1.68. The minimum Gasteiger partial charge on any atom is -0.352 e. The quantitative estimate of drug-likeness (QED) is 0.929. The number of carbonyl (C=O) groups excluding carboxylic acids is 1. The van der Waals surface area contributed by atoms with E-state index in [9.17, 15) is 4.79 Å². The van der Waals surface area contributed by atoms with Crippen LogP contribution in [0.1, 0.15) is 44.2 Å². The van der Waals surface area contributed by atoms with Crippen molar-refractivity contribution in [3.8, 4) is 0 Å². The summed E-state index contributed by atoms with van der Waals surface area (Å²) >= 11 is 0. The van der Waals surface area contributed by atoms with Gasteiger partial charge in [0.15, 0.2) is 0 Å². The van der Waals surface area contributed by atoms with E-state index in [0.717, 1.165) is 38.0 Å². The highest BCUT2D eigenvalue weighted by atomic mass is 16.2. The van der Waals surface area contributed by atoms with Crippen LogP contribution in [-0.4, -0.2) is 41.5 Å². The van der Waals surface area contributed by atoms with Gasteiger partial charge in [0, 0.05) is 25.3 Å². The van der Waals surface area contributed by atoms with Gasteiger partial charge in [-0.1, -0.05) is 31.4 Å². The first-order chi connectivity index (χ1) is 10.8. The molecule has 4 heteroatoms. The fourth-order valence-corrected chi connectivity index (χ4v) is 3.36. The van der Waals surface area contributed by atoms with Gasteiger partial charge in [-0.15, -0.1) is 0 Å². The van der Waals surface area contributed by atoms with E-state index in [-0.39, 0.29) is 5.91 Å². The predicted octanol–water partition coefficient (Wildman–Crippen LogP) is 2.62. The van der Waals surface area contributed by atoms with E-state index in [1.54, 1.807) is 0 Å². The van der Waals surface area contributed by atoms with Gasteiger partial charge >= 0.3 is 0 Å². The van der Waals surface area contributed by atoms with Gasteiger partial charge in [0.05, 0.1) is 12.2 Å². The van der Waals surface area contributed by atoms with E-state index in [1.165, 1.54) is 24.8 Å². The molecule has 1 aromatic heterocycles. The Balaban J connectivity index is 1.47. The summed E-state index contributed by atoms with van der Waals surface area (Å²) in [7, 11) is 0. The lowest BCUT2D eigenvalue weighted by Gasteiger charge is -2.28. The molecule has 22 heavy (non-hydrogen) atoms. The molecule has 1 aromatic rings. The first-order valence-corrected chi connectivity index (χ1v) is 8.43. The molecule has 0 unspecified atom stereocenters. The first kappa shape index (κ1) is 15.2. The van der Waals surface area contributed by atoms with Crippen LogP contribution in [0.5, 0.6) is 0 Å². The van der Waals surface area contributed by atoms with Gasteiger partial charge in [0.2, 0.25) is 5.91 Å². The molecule has 1 amide bonds. The van der Waals surface area contributed by atoms with Crippen LogP contribution in [0.25, 0.3) is 5.57 Å². The molecule has 2 heterocycles. The van der Waals surface area contributed by atoms with Gasteiger partial charge in [-0.2, -0.15) is 0 Å². The van der Waals surface area contributed by atoms with Crippen molar-refractivity contribution in [1.29, 1.82) is 0 Å². The summed E-state index contributed by atoms with van der Waals surface area (Å²) in [5, 5.41) is 3.20. The third-order valence-corrected chi connectivity index (χ3v) is 4.62. The predicted molar refractivity (Wildman–Crippen MR) is 88.3 cm³/mol. The fraction of sp³-hybridized carbons (Fsp3) is 0.556. The molecule has 1 aliphatic heterocycles. The maximum Gasteiger partial charge on any atom is 0.234 e. The SMILES string of the molecule is O=C(CN1CC=C(c2ccccn2)CC1)NC1CCCCC1. The molecule has 0 saturated heterocycles. The number of hydrogen-bond acceptors (Lipinski definition) is 3. The standard InChI is InChI=1S/C18H25N3O/c22-18(20-16-6-2-1-3-7-16)14-21-12-9-15(10-13-21)17-8-4-5-11-19-17/h4-5,8-9,11,16H,1-3,6-7,10,12-14H2,(H,20,22). The number of hydrogen-bond donors (Lipinski definition) is 1. The molecule has 3 rings (SSSR count). The number of rotatable bonds is 4. The second-order valence-corrected chi connectivity index (χ2v) is 6.33. The largest absolute Gasteiger partial charge is 0.352 e. The van der Waals surface area contributed by atoms with Gasteiger partial charge in [-0.3, -0.25) is 14.7 Å². The third-order valence-electron chi connectivity index (χ3n) is 4.62. The lowest BCUT2D eigenvalue weighted by Crippen LogP contribution is -2.43. The molecule has 4 nitrogen and oxygen atoms in total. The van der Waals surface area contributed by atoms with Crippen LogP contribution in [-0.2, 0) is 4.79 Å². The van der Waals surface area contributed by atoms with E-state index in [2.05, 4.69) is 27.3 Å². The molecular weight excluding hydrogens is 274 g/mol. The summed E-state index contributed by atoms with van der Waals surface area (Å²) in [6.07, 6.45) is 11.1. The summed E-state index contributed by atoms with van der Waals surface area (Å²) in [6, 6.07) is 6.42. The number of aromatic nitrogens is 1. The van der Waals surface area contributed by atoms with Crippen LogP contribution in [0, 0.1) is 0 Å². The van der Waals surface area contributed by atoms with Crippen LogP contribution < -0.4 is 5.32 Å². The molecule has 1 saturated carbocycles. The highest BCUT2D eigenvalue weighted by Gasteiger charge is 2.19. The molecule has 1 N–H and O–H groups in total. The van der Waals surface area contributed by atoms with E-state index >= 15 is 0 Å². The van der Waals surface area contributed by atoms with Crippen molar-refractivity contribution in [2.45, 2.75) is 44.6 Å². The highest BCUT2D eigenvalue weighted by molar-refractivity contribution is 5.78. The van der Waals surface area contributed by atoms with E-state index in [1.807, 2.05) is 18.3 Å². The van der Waals surface area contributed by atoms with Crippen molar-refractivity contribution in [3.05, 3.63) is 36.2 Å². The molecule has 0 aromatic carbocycles. The smallest absolute Gasteiger partial charge is 0.234 e. The van der Waals surface area contributed by atoms with Crippen LogP contribution in [0.2, 0.25) is 0 Å². The van der Waals surface area contributed by atoms with Crippen LogP contribution in [0.3, 0.4) is 0 Å². The zero-order valence-corrected chi connectivity index (χ0v) is 13.1. The molecule has 1 aliphatic carbocycles. The maximum atomic E-state index is 12.1. The lowest BCUT2D eigenvalue weighted by atomic mass is 9.95. The third kappa shape index (κ3) is 4.17. The molecule has 0 radical (unpaired) electrons. The Kier molecular flexibility index (Phi) is 5.22. The molecule has 0 atom stereocenters. The van der Waals surface area contributed by atoms with Crippen LogP contribution in [0.4, 0.5) is 0 Å². The second-order valence-electron chi connectivity index (χ2n) is 6.33. The Morgan fingerprint density at radius 2 is 2.14 bits per heavy atom. The Morgan fingerprint density at radius 3 is 2.82 bits per heavy atom. The fourth-order valence-electron chi connectivity index (χ4n) is 3.36. The van der Waals surface area contributed by atoms with Gasteiger partial charge in [0.1, 0.15) is 0 Å². The number of nitrogens with one attached hydrogen (secondary N) is 1.